The highest BCUT2D eigenvalue weighted by molar-refractivity contribution is 5.79. The number of aromatic nitrogens is 1. The lowest BCUT2D eigenvalue weighted by Gasteiger charge is -2.22. The van der Waals surface area contributed by atoms with Crippen molar-refractivity contribution in [2.45, 2.75) is 45.8 Å². The lowest BCUT2D eigenvalue weighted by molar-refractivity contribution is -0.130. The lowest BCUT2D eigenvalue weighted by atomic mass is 10.0. The van der Waals surface area contributed by atoms with Gasteiger partial charge in [0.15, 0.2) is 0 Å². The molecule has 4 rings (SSSR count). The third-order valence-corrected chi connectivity index (χ3v) is 5.59. The van der Waals surface area contributed by atoms with E-state index in [2.05, 4.69) is 35.0 Å². The van der Waals surface area contributed by atoms with E-state index in [1.807, 2.05) is 30.0 Å². The van der Waals surface area contributed by atoms with E-state index in [0.29, 0.717) is 6.42 Å². The van der Waals surface area contributed by atoms with Crippen LogP contribution in [0.15, 0.2) is 36.4 Å². The van der Waals surface area contributed by atoms with Crippen molar-refractivity contribution in [3.8, 4) is 5.75 Å². The normalized spacial score (nSPS) is 19.8. The van der Waals surface area contributed by atoms with Crippen LogP contribution >= 0.6 is 0 Å². The first kappa shape index (κ1) is 18.9. The molecule has 28 heavy (non-hydrogen) atoms. The third kappa shape index (κ3) is 4.53. The molecule has 0 unspecified atom stereocenters. The minimum Gasteiger partial charge on any atom is -0.490 e. The summed E-state index contributed by atoms with van der Waals surface area (Å²) >= 11 is 0. The van der Waals surface area contributed by atoms with E-state index in [0.717, 1.165) is 68.3 Å². The molecule has 0 radical (unpaired) electrons. The Labute approximate surface area is 167 Å². The SMILES string of the molecule is Cc1cccc(CN2CCCN(C(=O)Cc3ccc4c(c3)C[C@H](C)O4)CC2)n1. The number of rotatable bonds is 4. The number of amides is 1. The van der Waals surface area contributed by atoms with Gasteiger partial charge < -0.3 is 9.64 Å². The highest BCUT2D eigenvalue weighted by Gasteiger charge is 2.22. The molecule has 2 aliphatic heterocycles. The fraction of sp³-hybridized carbons (Fsp3) is 0.478. The summed E-state index contributed by atoms with van der Waals surface area (Å²) < 4.78 is 5.76. The van der Waals surface area contributed by atoms with Gasteiger partial charge in [0, 0.05) is 44.8 Å². The van der Waals surface area contributed by atoms with Crippen LogP contribution in [0.5, 0.6) is 5.75 Å². The quantitative estimate of drug-likeness (QED) is 0.819. The van der Waals surface area contributed by atoms with Crippen molar-refractivity contribution in [1.29, 1.82) is 0 Å². The van der Waals surface area contributed by atoms with Crippen molar-refractivity contribution >= 4 is 5.91 Å². The zero-order valence-electron chi connectivity index (χ0n) is 16.9. The van der Waals surface area contributed by atoms with Crippen molar-refractivity contribution < 1.29 is 9.53 Å². The molecule has 1 fully saturated rings. The van der Waals surface area contributed by atoms with Crippen molar-refractivity contribution in [2.75, 3.05) is 26.2 Å². The number of carbonyl (C=O) groups is 1. The molecule has 2 aromatic rings. The van der Waals surface area contributed by atoms with E-state index >= 15 is 0 Å². The zero-order valence-corrected chi connectivity index (χ0v) is 16.9. The van der Waals surface area contributed by atoms with E-state index in [1.165, 1.54) is 5.56 Å². The first-order chi connectivity index (χ1) is 13.6. The lowest BCUT2D eigenvalue weighted by Crippen LogP contribution is -2.36. The number of hydrogen-bond acceptors (Lipinski definition) is 4. The smallest absolute Gasteiger partial charge is 0.227 e. The Hall–Kier alpha value is -2.40. The molecule has 1 aromatic carbocycles. The molecule has 0 N–H and O–H groups in total. The van der Waals surface area contributed by atoms with E-state index in [4.69, 9.17) is 4.74 Å². The molecule has 0 aliphatic carbocycles. The van der Waals surface area contributed by atoms with Crippen LogP contribution in [-0.2, 0) is 24.2 Å². The van der Waals surface area contributed by atoms with Gasteiger partial charge >= 0.3 is 0 Å². The number of benzene rings is 1. The molecule has 2 aliphatic rings. The minimum atomic E-state index is 0.224. The predicted octanol–water partition coefficient (Wildman–Crippen LogP) is 2.99. The average Bonchev–Trinajstić information content (AvgIpc) is 2.87. The molecular weight excluding hydrogens is 350 g/mol. The Balaban J connectivity index is 1.33. The number of hydrogen-bond donors (Lipinski definition) is 0. The second-order valence-electron chi connectivity index (χ2n) is 8.03. The molecule has 1 saturated heterocycles. The third-order valence-electron chi connectivity index (χ3n) is 5.59. The van der Waals surface area contributed by atoms with Crippen LogP contribution in [0, 0.1) is 6.92 Å². The van der Waals surface area contributed by atoms with Gasteiger partial charge in [0.25, 0.3) is 0 Å². The molecule has 3 heterocycles. The number of fused-ring (bicyclic) bond motifs is 1. The van der Waals surface area contributed by atoms with Gasteiger partial charge in [-0.2, -0.15) is 0 Å². The summed E-state index contributed by atoms with van der Waals surface area (Å²) in [5.74, 6) is 1.20. The van der Waals surface area contributed by atoms with Crippen LogP contribution in [-0.4, -0.2) is 53.0 Å². The molecule has 1 aromatic heterocycles. The number of ether oxygens (including phenoxy) is 1. The van der Waals surface area contributed by atoms with Crippen molar-refractivity contribution in [3.63, 3.8) is 0 Å². The fourth-order valence-electron chi connectivity index (χ4n) is 4.17. The second kappa shape index (κ2) is 8.31. The standard InChI is InChI=1S/C23H29N3O2/c1-17-5-3-6-21(24-17)16-25-9-4-10-26(12-11-25)23(27)15-19-7-8-22-20(14-19)13-18(2)28-22/h3,5-8,14,18H,4,9-13,15-16H2,1-2H3/t18-/m0/s1. The first-order valence-corrected chi connectivity index (χ1v) is 10.3. The molecule has 5 nitrogen and oxygen atoms in total. The Morgan fingerprint density at radius 3 is 2.93 bits per heavy atom. The topological polar surface area (TPSA) is 45.7 Å². The summed E-state index contributed by atoms with van der Waals surface area (Å²) in [6.07, 6.45) is 2.65. The van der Waals surface area contributed by atoms with Crippen LogP contribution in [0.4, 0.5) is 0 Å². The molecule has 5 heteroatoms. The summed E-state index contributed by atoms with van der Waals surface area (Å²) in [6.45, 7) is 8.49. The van der Waals surface area contributed by atoms with Gasteiger partial charge in [0.2, 0.25) is 5.91 Å². The number of aryl methyl sites for hydroxylation is 1. The maximum Gasteiger partial charge on any atom is 0.227 e. The summed E-state index contributed by atoms with van der Waals surface area (Å²) in [7, 11) is 0. The van der Waals surface area contributed by atoms with Crippen molar-refractivity contribution in [2.24, 2.45) is 0 Å². The maximum atomic E-state index is 12.9. The van der Waals surface area contributed by atoms with Gasteiger partial charge in [0.1, 0.15) is 11.9 Å². The van der Waals surface area contributed by atoms with Crippen molar-refractivity contribution in [1.82, 2.24) is 14.8 Å². The molecule has 1 amide bonds. The molecule has 0 bridgehead atoms. The minimum absolute atomic E-state index is 0.224. The summed E-state index contributed by atoms with van der Waals surface area (Å²) in [5.41, 5.74) is 4.48. The second-order valence-corrected chi connectivity index (χ2v) is 8.03. The van der Waals surface area contributed by atoms with Crippen LogP contribution in [0.2, 0.25) is 0 Å². The average molecular weight is 380 g/mol. The molecule has 0 saturated carbocycles. The van der Waals surface area contributed by atoms with Crippen LogP contribution in [0.25, 0.3) is 0 Å². The molecule has 1 atom stereocenters. The predicted molar refractivity (Wildman–Crippen MR) is 109 cm³/mol. The monoisotopic (exact) mass is 379 g/mol. The van der Waals surface area contributed by atoms with E-state index < -0.39 is 0 Å². The highest BCUT2D eigenvalue weighted by atomic mass is 16.5. The zero-order chi connectivity index (χ0) is 19.5. The van der Waals surface area contributed by atoms with Gasteiger partial charge in [-0.25, -0.2) is 0 Å². The highest BCUT2D eigenvalue weighted by Crippen LogP contribution is 2.29. The molecule has 0 spiro atoms. The maximum absolute atomic E-state index is 12.9. The van der Waals surface area contributed by atoms with Gasteiger partial charge in [0.05, 0.1) is 12.1 Å². The largest absolute Gasteiger partial charge is 0.490 e. The number of pyridine rings is 1. The van der Waals surface area contributed by atoms with E-state index in [9.17, 15) is 4.79 Å². The Kier molecular flexibility index (Phi) is 5.62. The summed E-state index contributed by atoms with van der Waals surface area (Å²) in [4.78, 5) is 21.9. The van der Waals surface area contributed by atoms with E-state index in [-0.39, 0.29) is 12.0 Å². The van der Waals surface area contributed by atoms with Gasteiger partial charge in [-0.1, -0.05) is 18.2 Å². The number of nitrogens with zero attached hydrogens (tertiary/aromatic N) is 3. The summed E-state index contributed by atoms with van der Waals surface area (Å²) in [5, 5.41) is 0. The Bertz CT molecular complexity index is 851. The van der Waals surface area contributed by atoms with Gasteiger partial charge in [-0.05, 0) is 49.6 Å². The van der Waals surface area contributed by atoms with Crippen LogP contribution in [0.3, 0.4) is 0 Å². The molecule has 148 valence electrons. The molecular formula is C23H29N3O2. The van der Waals surface area contributed by atoms with E-state index in [1.54, 1.807) is 0 Å². The van der Waals surface area contributed by atoms with Crippen LogP contribution in [0.1, 0.15) is 35.9 Å². The van der Waals surface area contributed by atoms with Gasteiger partial charge in [-0.3, -0.25) is 14.7 Å². The fourth-order valence-corrected chi connectivity index (χ4v) is 4.17. The first-order valence-electron chi connectivity index (χ1n) is 10.3. The number of carbonyl (C=O) groups excluding carboxylic acids is 1. The van der Waals surface area contributed by atoms with Crippen molar-refractivity contribution in [3.05, 3.63) is 58.9 Å². The Morgan fingerprint density at radius 1 is 1.18 bits per heavy atom. The van der Waals surface area contributed by atoms with Gasteiger partial charge in [-0.15, -0.1) is 0 Å². The summed E-state index contributed by atoms with van der Waals surface area (Å²) in [6, 6.07) is 12.4. The van der Waals surface area contributed by atoms with Crippen LogP contribution < -0.4 is 4.74 Å². The Morgan fingerprint density at radius 2 is 2.07 bits per heavy atom.